The van der Waals surface area contributed by atoms with Gasteiger partial charge in [-0.15, -0.1) is 0 Å². The van der Waals surface area contributed by atoms with E-state index in [0.717, 1.165) is 31.1 Å². The van der Waals surface area contributed by atoms with Crippen LogP contribution < -0.4 is 0 Å². The molecule has 2 rings (SSSR count). The Morgan fingerprint density at radius 1 is 1.36 bits per heavy atom. The van der Waals surface area contributed by atoms with Crippen LogP contribution >= 0.6 is 23.2 Å². The van der Waals surface area contributed by atoms with Crippen LogP contribution in [-0.2, 0) is 11.2 Å². The monoisotopic (exact) mass is 228 g/mol. The molecule has 1 aromatic carbocycles. The van der Waals surface area contributed by atoms with E-state index in [2.05, 4.69) is 0 Å². The van der Waals surface area contributed by atoms with E-state index in [1.54, 1.807) is 12.1 Å². The number of carbonyl (C=O) groups excluding carboxylic acids is 1. The molecule has 1 fully saturated rings. The second kappa shape index (κ2) is 3.56. The number of hydrogen-bond donors (Lipinski definition) is 0. The SMILES string of the molecule is O=CC1(Cc2cc(Cl)ccc2Cl)CC1. The van der Waals surface area contributed by atoms with Gasteiger partial charge in [0.15, 0.2) is 0 Å². The fourth-order valence-corrected chi connectivity index (χ4v) is 1.93. The molecule has 1 aliphatic rings. The van der Waals surface area contributed by atoms with Crippen molar-refractivity contribution >= 4 is 29.5 Å². The molecule has 14 heavy (non-hydrogen) atoms. The molecule has 0 radical (unpaired) electrons. The smallest absolute Gasteiger partial charge is 0.126 e. The zero-order valence-corrected chi connectivity index (χ0v) is 9.11. The Hall–Kier alpha value is -0.530. The number of carbonyl (C=O) groups is 1. The molecule has 0 heterocycles. The molecule has 1 aliphatic carbocycles. The van der Waals surface area contributed by atoms with E-state index in [-0.39, 0.29) is 5.41 Å². The zero-order valence-electron chi connectivity index (χ0n) is 7.59. The highest BCUT2D eigenvalue weighted by Crippen LogP contribution is 2.47. The summed E-state index contributed by atoms with van der Waals surface area (Å²) in [7, 11) is 0. The van der Waals surface area contributed by atoms with Crippen LogP contribution in [0.2, 0.25) is 10.0 Å². The molecule has 0 amide bonds. The van der Waals surface area contributed by atoms with Gasteiger partial charge in [0.1, 0.15) is 6.29 Å². The summed E-state index contributed by atoms with van der Waals surface area (Å²) in [4.78, 5) is 10.8. The molecule has 0 N–H and O–H groups in total. The van der Waals surface area contributed by atoms with Gasteiger partial charge in [0.05, 0.1) is 0 Å². The molecular formula is C11H10Cl2O. The summed E-state index contributed by atoms with van der Waals surface area (Å²) >= 11 is 11.9. The van der Waals surface area contributed by atoms with E-state index in [1.165, 1.54) is 0 Å². The van der Waals surface area contributed by atoms with Crippen molar-refractivity contribution in [2.75, 3.05) is 0 Å². The highest BCUT2D eigenvalue weighted by molar-refractivity contribution is 6.33. The van der Waals surface area contributed by atoms with E-state index >= 15 is 0 Å². The molecule has 1 saturated carbocycles. The third-order valence-corrected chi connectivity index (χ3v) is 3.30. The molecule has 0 atom stereocenters. The molecule has 0 aliphatic heterocycles. The van der Waals surface area contributed by atoms with E-state index < -0.39 is 0 Å². The standard InChI is InChI=1S/C11H10Cl2O/c12-9-1-2-10(13)8(5-9)6-11(7-14)3-4-11/h1-2,5,7H,3-4,6H2. The van der Waals surface area contributed by atoms with Crippen molar-refractivity contribution in [3.63, 3.8) is 0 Å². The zero-order chi connectivity index (χ0) is 10.2. The van der Waals surface area contributed by atoms with Gasteiger partial charge in [-0.25, -0.2) is 0 Å². The number of benzene rings is 1. The van der Waals surface area contributed by atoms with Crippen molar-refractivity contribution in [1.29, 1.82) is 0 Å². The molecular weight excluding hydrogens is 219 g/mol. The fraction of sp³-hybridized carbons (Fsp3) is 0.364. The molecule has 0 saturated heterocycles. The maximum atomic E-state index is 10.8. The first-order valence-electron chi connectivity index (χ1n) is 4.55. The summed E-state index contributed by atoms with van der Waals surface area (Å²) in [6.45, 7) is 0. The summed E-state index contributed by atoms with van der Waals surface area (Å²) in [5.74, 6) is 0. The first-order valence-corrected chi connectivity index (χ1v) is 5.31. The quantitative estimate of drug-likeness (QED) is 0.724. The Balaban J connectivity index is 2.24. The van der Waals surface area contributed by atoms with Gasteiger partial charge in [0.25, 0.3) is 0 Å². The lowest BCUT2D eigenvalue weighted by atomic mass is 9.98. The second-order valence-electron chi connectivity index (χ2n) is 3.89. The molecule has 1 nitrogen and oxygen atoms in total. The highest BCUT2D eigenvalue weighted by Gasteiger charge is 2.42. The van der Waals surface area contributed by atoms with Crippen LogP contribution in [0.25, 0.3) is 0 Å². The fourth-order valence-electron chi connectivity index (χ4n) is 1.55. The van der Waals surface area contributed by atoms with Gasteiger partial charge in [-0.05, 0) is 43.0 Å². The first kappa shape index (κ1) is 10.0. The number of hydrogen-bond acceptors (Lipinski definition) is 1. The van der Waals surface area contributed by atoms with Crippen molar-refractivity contribution in [2.45, 2.75) is 19.3 Å². The second-order valence-corrected chi connectivity index (χ2v) is 4.74. The summed E-state index contributed by atoms with van der Waals surface area (Å²) in [5.41, 5.74) is 0.831. The van der Waals surface area contributed by atoms with Crippen LogP contribution in [0, 0.1) is 5.41 Å². The van der Waals surface area contributed by atoms with Crippen LogP contribution in [0.1, 0.15) is 18.4 Å². The Morgan fingerprint density at radius 2 is 2.07 bits per heavy atom. The minimum atomic E-state index is -0.145. The van der Waals surface area contributed by atoms with Crippen molar-refractivity contribution in [3.8, 4) is 0 Å². The summed E-state index contributed by atoms with van der Waals surface area (Å²) in [6.07, 6.45) is 3.71. The van der Waals surface area contributed by atoms with Gasteiger partial charge in [-0.2, -0.15) is 0 Å². The van der Waals surface area contributed by atoms with Gasteiger partial charge in [0, 0.05) is 15.5 Å². The molecule has 74 valence electrons. The van der Waals surface area contributed by atoms with Crippen molar-refractivity contribution in [3.05, 3.63) is 33.8 Å². The largest absolute Gasteiger partial charge is 0.303 e. The van der Waals surface area contributed by atoms with Gasteiger partial charge in [-0.1, -0.05) is 23.2 Å². The van der Waals surface area contributed by atoms with Gasteiger partial charge < -0.3 is 4.79 Å². The Bertz CT molecular complexity index is 370. The first-order chi connectivity index (χ1) is 6.65. The van der Waals surface area contributed by atoms with Crippen LogP contribution in [0.3, 0.4) is 0 Å². The Morgan fingerprint density at radius 3 is 2.64 bits per heavy atom. The van der Waals surface area contributed by atoms with Gasteiger partial charge in [0.2, 0.25) is 0 Å². The van der Waals surface area contributed by atoms with Crippen LogP contribution in [0.15, 0.2) is 18.2 Å². The summed E-state index contributed by atoms with van der Waals surface area (Å²) < 4.78 is 0. The van der Waals surface area contributed by atoms with E-state index in [1.807, 2.05) is 6.07 Å². The minimum Gasteiger partial charge on any atom is -0.303 e. The van der Waals surface area contributed by atoms with Crippen molar-refractivity contribution in [2.24, 2.45) is 5.41 Å². The highest BCUT2D eigenvalue weighted by atomic mass is 35.5. The van der Waals surface area contributed by atoms with Crippen LogP contribution in [-0.4, -0.2) is 6.29 Å². The van der Waals surface area contributed by atoms with Gasteiger partial charge >= 0.3 is 0 Å². The predicted molar refractivity (Wildman–Crippen MR) is 57.9 cm³/mol. The lowest BCUT2D eigenvalue weighted by Crippen LogP contribution is -2.06. The summed E-state index contributed by atoms with van der Waals surface area (Å²) in [6, 6.07) is 5.38. The van der Waals surface area contributed by atoms with Crippen molar-refractivity contribution in [1.82, 2.24) is 0 Å². The molecule has 0 bridgehead atoms. The summed E-state index contributed by atoms with van der Waals surface area (Å²) in [5, 5.41) is 1.37. The normalized spacial score (nSPS) is 17.9. The van der Waals surface area contributed by atoms with Crippen LogP contribution in [0.5, 0.6) is 0 Å². The van der Waals surface area contributed by atoms with E-state index in [4.69, 9.17) is 23.2 Å². The number of rotatable bonds is 3. The average molecular weight is 229 g/mol. The third kappa shape index (κ3) is 1.94. The Kier molecular flexibility index (Phi) is 2.54. The lowest BCUT2D eigenvalue weighted by molar-refractivity contribution is -0.112. The van der Waals surface area contributed by atoms with Crippen molar-refractivity contribution < 1.29 is 4.79 Å². The maximum Gasteiger partial charge on any atom is 0.126 e. The molecule has 0 spiro atoms. The number of aldehydes is 1. The van der Waals surface area contributed by atoms with Crippen LogP contribution in [0.4, 0.5) is 0 Å². The lowest BCUT2D eigenvalue weighted by Gasteiger charge is -2.08. The molecule has 0 unspecified atom stereocenters. The maximum absolute atomic E-state index is 10.8. The number of halogens is 2. The third-order valence-electron chi connectivity index (χ3n) is 2.69. The van der Waals surface area contributed by atoms with E-state index in [9.17, 15) is 4.79 Å². The molecule has 1 aromatic rings. The predicted octanol–water partition coefficient (Wildman–Crippen LogP) is 3.52. The van der Waals surface area contributed by atoms with E-state index in [0.29, 0.717) is 10.0 Å². The topological polar surface area (TPSA) is 17.1 Å². The Labute approximate surface area is 93.0 Å². The molecule has 3 heteroatoms. The average Bonchev–Trinajstić information content (AvgIpc) is 2.92. The van der Waals surface area contributed by atoms with Gasteiger partial charge in [-0.3, -0.25) is 0 Å². The molecule has 0 aromatic heterocycles. The minimum absolute atomic E-state index is 0.145.